The van der Waals surface area contributed by atoms with E-state index in [-0.39, 0.29) is 5.91 Å². The number of rotatable bonds is 8. The Morgan fingerprint density at radius 1 is 1.00 bits per heavy atom. The highest BCUT2D eigenvalue weighted by Crippen LogP contribution is 2.37. The number of ether oxygens (including phenoxy) is 2. The minimum Gasteiger partial charge on any atom is -0.493 e. The molecule has 172 valence electrons. The Balaban J connectivity index is 1.43. The average Bonchev–Trinajstić information content (AvgIpc) is 2.86. The van der Waals surface area contributed by atoms with Crippen LogP contribution in [-0.2, 0) is 17.8 Å². The number of para-hydroxylation sites is 1. The van der Waals surface area contributed by atoms with Gasteiger partial charge in [0.05, 0.1) is 19.6 Å². The van der Waals surface area contributed by atoms with E-state index in [1.807, 2.05) is 30.5 Å². The van der Waals surface area contributed by atoms with Crippen LogP contribution >= 0.6 is 0 Å². The first-order valence-corrected chi connectivity index (χ1v) is 11.3. The molecule has 0 aliphatic carbocycles. The number of pyridine rings is 1. The summed E-state index contributed by atoms with van der Waals surface area (Å²) in [5.74, 6) is 1.28. The largest absolute Gasteiger partial charge is 0.493 e. The van der Waals surface area contributed by atoms with Gasteiger partial charge < -0.3 is 15.2 Å². The molecule has 6 nitrogen and oxygen atoms in total. The van der Waals surface area contributed by atoms with Crippen LogP contribution in [0.3, 0.4) is 0 Å². The van der Waals surface area contributed by atoms with Gasteiger partial charge in [-0.05, 0) is 61.2 Å². The molecular weight excluding hydrogens is 414 g/mol. The summed E-state index contributed by atoms with van der Waals surface area (Å²) in [6, 6.07) is 18.3. The summed E-state index contributed by atoms with van der Waals surface area (Å²) < 4.78 is 11.0. The van der Waals surface area contributed by atoms with E-state index in [1.54, 1.807) is 20.4 Å². The number of methoxy groups -OCH3 is 2. The highest BCUT2D eigenvalue weighted by molar-refractivity contribution is 5.81. The van der Waals surface area contributed by atoms with E-state index in [9.17, 15) is 4.79 Å². The van der Waals surface area contributed by atoms with Gasteiger partial charge in [-0.1, -0.05) is 42.5 Å². The molecule has 1 fully saturated rings. The molecule has 0 unspecified atom stereocenters. The van der Waals surface area contributed by atoms with Gasteiger partial charge in [-0.2, -0.15) is 0 Å². The van der Waals surface area contributed by atoms with Crippen molar-refractivity contribution in [3.05, 3.63) is 78.1 Å². The molecule has 33 heavy (non-hydrogen) atoms. The van der Waals surface area contributed by atoms with Gasteiger partial charge in [-0.25, -0.2) is 0 Å². The van der Waals surface area contributed by atoms with Crippen LogP contribution in [0.2, 0.25) is 0 Å². The molecule has 1 aromatic heterocycles. The quantitative estimate of drug-likeness (QED) is 0.565. The zero-order valence-electron chi connectivity index (χ0n) is 19.3. The van der Waals surface area contributed by atoms with E-state index in [0.717, 1.165) is 66.2 Å². The summed E-state index contributed by atoms with van der Waals surface area (Å²) in [5.41, 5.74) is 9.83. The van der Waals surface area contributed by atoms with Gasteiger partial charge in [0.15, 0.2) is 11.5 Å². The maximum Gasteiger partial charge on any atom is 0.224 e. The van der Waals surface area contributed by atoms with Gasteiger partial charge in [0.2, 0.25) is 5.91 Å². The van der Waals surface area contributed by atoms with Crippen molar-refractivity contribution in [1.82, 2.24) is 9.88 Å². The molecule has 3 aromatic rings. The lowest BCUT2D eigenvalue weighted by molar-refractivity contribution is -0.130. The van der Waals surface area contributed by atoms with Crippen molar-refractivity contribution in [2.45, 2.75) is 25.8 Å². The molecule has 2 aromatic carbocycles. The van der Waals surface area contributed by atoms with E-state index < -0.39 is 5.41 Å². The zero-order valence-corrected chi connectivity index (χ0v) is 19.3. The summed E-state index contributed by atoms with van der Waals surface area (Å²) in [6.07, 6.45) is 5.75. The fraction of sp³-hybridized carbons (Fsp3) is 0.333. The molecule has 6 heteroatoms. The van der Waals surface area contributed by atoms with Crippen LogP contribution in [0.25, 0.3) is 11.1 Å². The molecule has 1 aliphatic rings. The van der Waals surface area contributed by atoms with Crippen LogP contribution in [-0.4, -0.2) is 43.1 Å². The second-order valence-electron chi connectivity index (χ2n) is 8.69. The maximum atomic E-state index is 12.6. The molecule has 0 saturated carbocycles. The minimum absolute atomic E-state index is 0.211. The Morgan fingerprint density at radius 2 is 1.76 bits per heavy atom. The number of piperidine rings is 1. The van der Waals surface area contributed by atoms with Crippen molar-refractivity contribution < 1.29 is 14.3 Å². The van der Waals surface area contributed by atoms with Crippen molar-refractivity contribution in [3.8, 4) is 22.6 Å². The van der Waals surface area contributed by atoms with Crippen LogP contribution in [0.5, 0.6) is 11.5 Å². The van der Waals surface area contributed by atoms with E-state index in [2.05, 4.69) is 40.2 Å². The number of primary amides is 1. The number of benzene rings is 2. The smallest absolute Gasteiger partial charge is 0.224 e. The fourth-order valence-corrected chi connectivity index (χ4v) is 4.71. The van der Waals surface area contributed by atoms with Crippen LogP contribution in [0.15, 0.2) is 67.0 Å². The first kappa shape index (κ1) is 22.8. The Bertz CT molecular complexity index is 1080. The average molecular weight is 446 g/mol. The molecule has 0 spiro atoms. The third-order valence-corrected chi connectivity index (χ3v) is 6.71. The van der Waals surface area contributed by atoms with Crippen molar-refractivity contribution >= 4 is 5.91 Å². The first-order valence-electron chi connectivity index (χ1n) is 11.3. The number of nitrogens with two attached hydrogens (primary N) is 1. The Kier molecular flexibility index (Phi) is 6.94. The second-order valence-corrected chi connectivity index (χ2v) is 8.69. The molecule has 2 N–H and O–H groups in total. The predicted molar refractivity (Wildman–Crippen MR) is 129 cm³/mol. The number of carbonyl (C=O) groups excluding carboxylic acids is 1. The van der Waals surface area contributed by atoms with E-state index >= 15 is 0 Å². The van der Waals surface area contributed by atoms with Crippen LogP contribution in [0.1, 0.15) is 24.0 Å². The van der Waals surface area contributed by atoms with E-state index in [0.29, 0.717) is 6.42 Å². The lowest BCUT2D eigenvalue weighted by Crippen LogP contribution is -2.48. The highest BCUT2D eigenvalue weighted by atomic mass is 16.5. The van der Waals surface area contributed by atoms with E-state index in [4.69, 9.17) is 15.2 Å². The molecule has 1 amide bonds. The lowest BCUT2D eigenvalue weighted by Gasteiger charge is -2.40. The van der Waals surface area contributed by atoms with Crippen molar-refractivity contribution in [2.24, 2.45) is 11.1 Å². The zero-order chi connectivity index (χ0) is 23.3. The summed E-state index contributed by atoms with van der Waals surface area (Å²) in [4.78, 5) is 19.1. The van der Waals surface area contributed by atoms with Gasteiger partial charge in [0, 0.05) is 24.5 Å². The van der Waals surface area contributed by atoms with Gasteiger partial charge in [-0.15, -0.1) is 0 Å². The van der Waals surface area contributed by atoms with Crippen LogP contribution in [0.4, 0.5) is 0 Å². The third-order valence-electron chi connectivity index (χ3n) is 6.71. The molecule has 1 aliphatic heterocycles. The topological polar surface area (TPSA) is 77.7 Å². The summed E-state index contributed by atoms with van der Waals surface area (Å²) in [6.45, 7) is 2.35. The predicted octanol–water partition coefficient (Wildman–Crippen LogP) is 4.08. The van der Waals surface area contributed by atoms with Gasteiger partial charge in [0.1, 0.15) is 0 Å². The van der Waals surface area contributed by atoms with Gasteiger partial charge in [-0.3, -0.25) is 14.7 Å². The Labute approximate surface area is 195 Å². The summed E-state index contributed by atoms with van der Waals surface area (Å²) in [5, 5.41) is 0. The van der Waals surface area contributed by atoms with Gasteiger partial charge in [0.25, 0.3) is 0 Å². The Hall–Kier alpha value is -3.38. The monoisotopic (exact) mass is 445 g/mol. The standard InChI is InChI=1S/C27H31N3O3/c1-32-24-7-3-5-23(25(24)33-2)19-30-15-12-27(13-16-30,26(28)31)17-20-8-10-21(11-9-20)22-6-4-14-29-18-22/h3-11,14,18H,12-13,15-17,19H2,1-2H3,(H2,28,31). The SMILES string of the molecule is COc1cccc(CN2CCC(Cc3ccc(-c4cccnc4)cc3)(C(N)=O)CC2)c1OC. The number of likely N-dealkylation sites (tertiary alicyclic amines) is 1. The maximum absolute atomic E-state index is 12.6. The summed E-state index contributed by atoms with van der Waals surface area (Å²) in [7, 11) is 3.31. The molecule has 0 atom stereocenters. The molecule has 2 heterocycles. The van der Waals surface area contributed by atoms with Crippen molar-refractivity contribution in [3.63, 3.8) is 0 Å². The number of nitrogens with zero attached hydrogens (tertiary/aromatic N) is 2. The van der Waals surface area contributed by atoms with Crippen LogP contribution in [0, 0.1) is 5.41 Å². The number of aromatic nitrogens is 1. The second kappa shape index (κ2) is 10.0. The molecule has 4 rings (SSSR count). The molecular formula is C27H31N3O3. The number of hydrogen-bond donors (Lipinski definition) is 1. The normalized spacial score (nSPS) is 15.7. The first-order chi connectivity index (χ1) is 16.0. The number of amides is 1. The van der Waals surface area contributed by atoms with Crippen molar-refractivity contribution in [2.75, 3.05) is 27.3 Å². The third kappa shape index (κ3) is 5.01. The molecule has 1 saturated heterocycles. The lowest BCUT2D eigenvalue weighted by atomic mass is 9.73. The fourth-order valence-electron chi connectivity index (χ4n) is 4.71. The Morgan fingerprint density at radius 3 is 2.36 bits per heavy atom. The van der Waals surface area contributed by atoms with Gasteiger partial charge >= 0.3 is 0 Å². The van der Waals surface area contributed by atoms with E-state index in [1.165, 1.54) is 0 Å². The number of hydrogen-bond acceptors (Lipinski definition) is 5. The molecule has 0 radical (unpaired) electrons. The van der Waals surface area contributed by atoms with Crippen molar-refractivity contribution in [1.29, 1.82) is 0 Å². The minimum atomic E-state index is -0.523. The highest BCUT2D eigenvalue weighted by Gasteiger charge is 2.40. The van der Waals surface area contributed by atoms with Crippen LogP contribution < -0.4 is 15.2 Å². The number of carbonyl (C=O) groups is 1. The molecule has 0 bridgehead atoms. The summed E-state index contributed by atoms with van der Waals surface area (Å²) >= 11 is 0.